The number of aliphatic hydroxyl groups is 1. The molecule has 0 bridgehead atoms. The van der Waals surface area contributed by atoms with Gasteiger partial charge in [-0.15, -0.1) is 0 Å². The van der Waals surface area contributed by atoms with Gasteiger partial charge in [-0.2, -0.15) is 0 Å². The largest absolute Gasteiger partial charge is 0.392 e. The summed E-state index contributed by atoms with van der Waals surface area (Å²) in [7, 11) is 0. The molecule has 0 spiro atoms. The summed E-state index contributed by atoms with van der Waals surface area (Å²) in [6.45, 7) is 9.93. The number of rotatable bonds is 6. The quantitative estimate of drug-likeness (QED) is 0.747. The van der Waals surface area contributed by atoms with E-state index in [2.05, 4.69) is 26.1 Å². The van der Waals surface area contributed by atoms with E-state index in [1.165, 1.54) is 32.1 Å². The smallest absolute Gasteiger partial charge is 0.0662 e. The lowest BCUT2D eigenvalue weighted by Gasteiger charge is -2.39. The molecule has 2 nitrogen and oxygen atoms in total. The maximum atomic E-state index is 9.55. The van der Waals surface area contributed by atoms with Crippen LogP contribution in [0.4, 0.5) is 0 Å². The molecule has 0 amide bonds. The van der Waals surface area contributed by atoms with Crippen molar-refractivity contribution in [3.05, 3.63) is 0 Å². The van der Waals surface area contributed by atoms with Gasteiger partial charge in [0, 0.05) is 12.6 Å². The van der Waals surface area contributed by atoms with Gasteiger partial charge in [-0.25, -0.2) is 0 Å². The van der Waals surface area contributed by atoms with E-state index in [1.54, 1.807) is 0 Å². The Kier molecular flexibility index (Phi) is 5.94. The van der Waals surface area contributed by atoms with Gasteiger partial charge >= 0.3 is 0 Å². The lowest BCUT2D eigenvalue weighted by molar-refractivity contribution is 0.124. The van der Waals surface area contributed by atoms with Crippen LogP contribution in [-0.4, -0.2) is 23.8 Å². The molecule has 17 heavy (non-hydrogen) atoms. The molecule has 2 heteroatoms. The predicted octanol–water partition coefficient (Wildman–Crippen LogP) is 3.34. The fourth-order valence-corrected chi connectivity index (χ4v) is 2.81. The maximum absolute atomic E-state index is 9.55. The SMILES string of the molecule is CCC(O)CNC1CCC(C(C)(C)CC)CC1. The van der Waals surface area contributed by atoms with Crippen LogP contribution < -0.4 is 5.32 Å². The minimum Gasteiger partial charge on any atom is -0.392 e. The van der Waals surface area contributed by atoms with Crippen molar-refractivity contribution in [1.82, 2.24) is 5.32 Å². The molecule has 0 aromatic rings. The van der Waals surface area contributed by atoms with Crippen LogP contribution in [0, 0.1) is 11.3 Å². The van der Waals surface area contributed by atoms with Crippen LogP contribution in [0.1, 0.15) is 66.2 Å². The topological polar surface area (TPSA) is 32.3 Å². The zero-order valence-corrected chi connectivity index (χ0v) is 12.1. The molecule has 0 aromatic carbocycles. The zero-order chi connectivity index (χ0) is 12.9. The summed E-state index contributed by atoms with van der Waals surface area (Å²) in [6.07, 6.45) is 7.23. The second kappa shape index (κ2) is 6.75. The van der Waals surface area contributed by atoms with Crippen LogP contribution in [0.25, 0.3) is 0 Å². The van der Waals surface area contributed by atoms with Crippen molar-refractivity contribution in [2.45, 2.75) is 78.4 Å². The Labute approximate surface area is 107 Å². The first-order valence-electron chi connectivity index (χ1n) is 7.41. The highest BCUT2D eigenvalue weighted by Crippen LogP contribution is 2.40. The molecule has 1 aliphatic rings. The average molecular weight is 241 g/mol. The highest BCUT2D eigenvalue weighted by molar-refractivity contribution is 4.85. The molecule has 1 unspecified atom stereocenters. The normalized spacial score (nSPS) is 28.1. The lowest BCUT2D eigenvalue weighted by atomic mass is 9.69. The number of hydrogen-bond donors (Lipinski definition) is 2. The third kappa shape index (κ3) is 4.59. The fourth-order valence-electron chi connectivity index (χ4n) is 2.81. The Hall–Kier alpha value is -0.0800. The highest BCUT2D eigenvalue weighted by atomic mass is 16.3. The van der Waals surface area contributed by atoms with Crippen molar-refractivity contribution in [3.63, 3.8) is 0 Å². The molecule has 0 saturated heterocycles. The summed E-state index contributed by atoms with van der Waals surface area (Å²) >= 11 is 0. The number of nitrogens with one attached hydrogen (secondary N) is 1. The first-order chi connectivity index (χ1) is 7.99. The molecule has 0 radical (unpaired) electrons. The van der Waals surface area contributed by atoms with Crippen molar-refractivity contribution >= 4 is 0 Å². The molecule has 1 rings (SSSR count). The number of aliphatic hydroxyl groups excluding tert-OH is 1. The Balaban J connectivity index is 2.26. The standard InChI is InChI=1S/C15H31NO/c1-5-14(17)11-16-13-9-7-12(8-10-13)15(3,4)6-2/h12-14,16-17H,5-11H2,1-4H3. The van der Waals surface area contributed by atoms with Gasteiger partial charge in [0.1, 0.15) is 0 Å². The van der Waals surface area contributed by atoms with E-state index in [1.807, 2.05) is 6.92 Å². The molecule has 1 atom stereocenters. The van der Waals surface area contributed by atoms with Gasteiger partial charge in [0.05, 0.1) is 6.10 Å². The van der Waals surface area contributed by atoms with Crippen molar-refractivity contribution in [1.29, 1.82) is 0 Å². The predicted molar refractivity (Wildman–Crippen MR) is 74.1 cm³/mol. The Morgan fingerprint density at radius 2 is 1.76 bits per heavy atom. The van der Waals surface area contributed by atoms with E-state index in [-0.39, 0.29) is 6.10 Å². The van der Waals surface area contributed by atoms with E-state index in [4.69, 9.17) is 0 Å². The molecular weight excluding hydrogens is 210 g/mol. The Morgan fingerprint density at radius 3 is 2.24 bits per heavy atom. The lowest BCUT2D eigenvalue weighted by Crippen LogP contribution is -2.40. The first kappa shape index (κ1) is 15.0. The molecule has 0 heterocycles. The summed E-state index contributed by atoms with van der Waals surface area (Å²) in [6, 6.07) is 0.639. The molecule has 0 aromatic heterocycles. The van der Waals surface area contributed by atoms with Crippen molar-refractivity contribution in [2.75, 3.05) is 6.54 Å². The third-order valence-corrected chi connectivity index (χ3v) is 4.86. The highest BCUT2D eigenvalue weighted by Gasteiger charge is 2.31. The van der Waals surface area contributed by atoms with Crippen LogP contribution in [0.5, 0.6) is 0 Å². The van der Waals surface area contributed by atoms with Gasteiger partial charge in [0.25, 0.3) is 0 Å². The summed E-state index contributed by atoms with van der Waals surface area (Å²) < 4.78 is 0. The summed E-state index contributed by atoms with van der Waals surface area (Å²) in [5.41, 5.74) is 0.508. The molecular formula is C15H31NO. The van der Waals surface area contributed by atoms with Crippen LogP contribution in [0.15, 0.2) is 0 Å². The van der Waals surface area contributed by atoms with Gasteiger partial charge in [-0.3, -0.25) is 0 Å². The van der Waals surface area contributed by atoms with E-state index < -0.39 is 0 Å². The van der Waals surface area contributed by atoms with Crippen molar-refractivity contribution < 1.29 is 5.11 Å². The molecule has 102 valence electrons. The summed E-state index contributed by atoms with van der Waals surface area (Å²) in [5.74, 6) is 0.890. The van der Waals surface area contributed by atoms with Crippen molar-refractivity contribution in [3.8, 4) is 0 Å². The van der Waals surface area contributed by atoms with E-state index in [0.29, 0.717) is 11.5 Å². The first-order valence-corrected chi connectivity index (χ1v) is 7.41. The summed E-state index contributed by atoms with van der Waals surface area (Å²) in [5, 5.41) is 13.1. The van der Waals surface area contributed by atoms with Gasteiger partial charge in [-0.05, 0) is 43.4 Å². The Bertz CT molecular complexity index is 207. The van der Waals surface area contributed by atoms with E-state index >= 15 is 0 Å². The molecule has 2 N–H and O–H groups in total. The molecule has 1 aliphatic carbocycles. The zero-order valence-electron chi connectivity index (χ0n) is 12.1. The van der Waals surface area contributed by atoms with Gasteiger partial charge in [0.2, 0.25) is 0 Å². The average Bonchev–Trinajstić information content (AvgIpc) is 2.36. The number of hydrogen-bond acceptors (Lipinski definition) is 2. The Morgan fingerprint density at radius 1 is 1.18 bits per heavy atom. The second-order valence-electron chi connectivity index (χ2n) is 6.36. The maximum Gasteiger partial charge on any atom is 0.0662 e. The summed E-state index contributed by atoms with van der Waals surface area (Å²) in [4.78, 5) is 0. The van der Waals surface area contributed by atoms with Crippen LogP contribution in [-0.2, 0) is 0 Å². The van der Waals surface area contributed by atoms with Crippen LogP contribution in [0.3, 0.4) is 0 Å². The van der Waals surface area contributed by atoms with E-state index in [0.717, 1.165) is 18.9 Å². The van der Waals surface area contributed by atoms with Crippen LogP contribution in [0.2, 0.25) is 0 Å². The second-order valence-corrected chi connectivity index (χ2v) is 6.36. The fraction of sp³-hybridized carbons (Fsp3) is 1.00. The monoisotopic (exact) mass is 241 g/mol. The third-order valence-electron chi connectivity index (χ3n) is 4.86. The van der Waals surface area contributed by atoms with Gasteiger partial charge in [-0.1, -0.05) is 34.1 Å². The van der Waals surface area contributed by atoms with Crippen LogP contribution >= 0.6 is 0 Å². The molecule has 1 saturated carbocycles. The minimum atomic E-state index is -0.167. The van der Waals surface area contributed by atoms with Gasteiger partial charge in [0.15, 0.2) is 0 Å². The molecule has 1 fully saturated rings. The van der Waals surface area contributed by atoms with Crippen molar-refractivity contribution in [2.24, 2.45) is 11.3 Å². The minimum absolute atomic E-state index is 0.167. The van der Waals surface area contributed by atoms with E-state index in [9.17, 15) is 5.11 Å². The molecule has 0 aliphatic heterocycles. The van der Waals surface area contributed by atoms with Gasteiger partial charge < -0.3 is 10.4 Å².